The molecule has 0 saturated heterocycles. The molecule has 1 unspecified atom stereocenters. The molecule has 0 aliphatic rings. The normalized spacial score (nSPS) is 12.5. The highest BCUT2D eigenvalue weighted by molar-refractivity contribution is 5.81. The van der Waals surface area contributed by atoms with E-state index in [4.69, 9.17) is 0 Å². The van der Waals surface area contributed by atoms with Gasteiger partial charge in [0, 0.05) is 32.0 Å². The molecular formula is C10H18N4O. The second-order valence-electron chi connectivity index (χ2n) is 3.54. The second kappa shape index (κ2) is 5.50. The van der Waals surface area contributed by atoms with Gasteiger partial charge in [-0.2, -0.15) is 5.10 Å². The average molecular weight is 210 g/mol. The first-order valence-electron chi connectivity index (χ1n) is 5.11. The largest absolute Gasteiger partial charge is 0.345 e. The smallest absolute Gasteiger partial charge is 0.239 e. The van der Waals surface area contributed by atoms with Gasteiger partial charge in [0.2, 0.25) is 5.91 Å². The van der Waals surface area contributed by atoms with Crippen LogP contribution >= 0.6 is 0 Å². The van der Waals surface area contributed by atoms with E-state index in [1.54, 1.807) is 18.1 Å². The van der Waals surface area contributed by atoms with Crippen LogP contribution in [0, 0.1) is 0 Å². The molecule has 5 nitrogen and oxygen atoms in total. The molecule has 2 N–H and O–H groups in total. The number of nitrogens with zero attached hydrogens (tertiary/aromatic N) is 2. The molecule has 5 heteroatoms. The second-order valence-corrected chi connectivity index (χ2v) is 3.54. The van der Waals surface area contributed by atoms with Crippen molar-refractivity contribution in [3.05, 3.63) is 18.0 Å². The van der Waals surface area contributed by atoms with Crippen molar-refractivity contribution in [2.45, 2.75) is 26.4 Å². The zero-order valence-electron chi connectivity index (χ0n) is 9.45. The Morgan fingerprint density at radius 2 is 2.47 bits per heavy atom. The number of rotatable bonds is 5. The molecule has 1 rings (SSSR count). The van der Waals surface area contributed by atoms with Gasteiger partial charge in [-0.1, -0.05) is 0 Å². The van der Waals surface area contributed by atoms with Crippen LogP contribution in [0.3, 0.4) is 0 Å². The van der Waals surface area contributed by atoms with Gasteiger partial charge < -0.3 is 10.2 Å². The van der Waals surface area contributed by atoms with E-state index in [1.165, 1.54) is 0 Å². The molecule has 0 saturated carbocycles. The van der Waals surface area contributed by atoms with Crippen molar-refractivity contribution in [2.75, 3.05) is 13.6 Å². The Hall–Kier alpha value is -1.36. The third kappa shape index (κ3) is 3.36. The Kier molecular flexibility index (Phi) is 4.30. The maximum absolute atomic E-state index is 11.7. The lowest BCUT2D eigenvalue weighted by atomic mass is 10.3. The summed E-state index contributed by atoms with van der Waals surface area (Å²) in [6.45, 7) is 5.18. The van der Waals surface area contributed by atoms with Crippen LogP contribution in [-0.4, -0.2) is 40.6 Å². The minimum Gasteiger partial charge on any atom is -0.345 e. The summed E-state index contributed by atoms with van der Waals surface area (Å²) in [5.74, 6) is 0.108. The molecule has 15 heavy (non-hydrogen) atoms. The predicted octanol–water partition coefficient (Wildman–Crippen LogP) is 0.366. The van der Waals surface area contributed by atoms with Gasteiger partial charge in [0.15, 0.2) is 0 Å². The van der Waals surface area contributed by atoms with Crippen LogP contribution in [0.5, 0.6) is 0 Å². The van der Waals surface area contributed by atoms with Gasteiger partial charge in [-0.15, -0.1) is 0 Å². The number of amides is 1. The number of carbonyl (C=O) groups excluding carboxylic acids is 1. The van der Waals surface area contributed by atoms with Crippen LogP contribution in [-0.2, 0) is 11.3 Å². The third-order valence-electron chi connectivity index (χ3n) is 2.38. The number of hydrogen-bond donors (Lipinski definition) is 2. The highest BCUT2D eigenvalue weighted by Gasteiger charge is 2.15. The fourth-order valence-corrected chi connectivity index (χ4v) is 1.22. The molecule has 1 aromatic rings. The lowest BCUT2D eigenvalue weighted by molar-refractivity contribution is -0.131. The molecule has 0 radical (unpaired) electrons. The molecule has 84 valence electrons. The Labute approximate surface area is 89.9 Å². The molecule has 0 fully saturated rings. The maximum Gasteiger partial charge on any atom is 0.239 e. The molecule has 1 heterocycles. The third-order valence-corrected chi connectivity index (χ3v) is 2.38. The molecule has 0 aliphatic carbocycles. The lowest BCUT2D eigenvalue weighted by Gasteiger charge is -2.20. The fourth-order valence-electron chi connectivity index (χ4n) is 1.22. The monoisotopic (exact) mass is 210 g/mol. The summed E-state index contributed by atoms with van der Waals surface area (Å²) in [7, 11) is 1.80. The van der Waals surface area contributed by atoms with Crippen molar-refractivity contribution in [3.63, 3.8) is 0 Å². The first-order valence-corrected chi connectivity index (χ1v) is 5.11. The number of likely N-dealkylation sites (N-methyl/N-ethyl adjacent to an activating group) is 1. The van der Waals surface area contributed by atoms with E-state index >= 15 is 0 Å². The molecule has 0 aromatic carbocycles. The van der Waals surface area contributed by atoms with Crippen LogP contribution in [0.15, 0.2) is 12.3 Å². The van der Waals surface area contributed by atoms with Crippen LogP contribution in [0.4, 0.5) is 0 Å². The van der Waals surface area contributed by atoms with E-state index in [1.807, 2.05) is 19.9 Å². The number of carbonyl (C=O) groups is 1. The van der Waals surface area contributed by atoms with Crippen LogP contribution in [0.1, 0.15) is 19.5 Å². The first kappa shape index (κ1) is 11.7. The molecule has 1 atom stereocenters. The molecule has 0 aliphatic heterocycles. The molecule has 0 spiro atoms. The first-order chi connectivity index (χ1) is 7.15. The molecule has 1 aromatic heterocycles. The van der Waals surface area contributed by atoms with Crippen molar-refractivity contribution < 1.29 is 4.79 Å². The number of nitrogens with one attached hydrogen (secondary N) is 2. The zero-order chi connectivity index (χ0) is 11.3. The Morgan fingerprint density at radius 3 is 3.00 bits per heavy atom. The van der Waals surface area contributed by atoms with E-state index in [2.05, 4.69) is 15.5 Å². The van der Waals surface area contributed by atoms with E-state index in [-0.39, 0.29) is 11.9 Å². The van der Waals surface area contributed by atoms with E-state index in [9.17, 15) is 4.79 Å². The number of H-pyrrole nitrogens is 1. The van der Waals surface area contributed by atoms with Crippen molar-refractivity contribution in [1.82, 2.24) is 20.4 Å². The number of aromatic amines is 1. The van der Waals surface area contributed by atoms with Crippen LogP contribution < -0.4 is 5.32 Å². The summed E-state index contributed by atoms with van der Waals surface area (Å²) in [5, 5.41) is 9.81. The predicted molar refractivity (Wildman–Crippen MR) is 58.2 cm³/mol. The minimum atomic E-state index is -0.168. The lowest BCUT2D eigenvalue weighted by Crippen LogP contribution is -2.42. The maximum atomic E-state index is 11.7. The summed E-state index contributed by atoms with van der Waals surface area (Å²) in [5.41, 5.74) is 0.980. The number of aromatic nitrogens is 2. The van der Waals surface area contributed by atoms with Gasteiger partial charge >= 0.3 is 0 Å². The molecular weight excluding hydrogens is 192 g/mol. The Morgan fingerprint density at radius 1 is 1.73 bits per heavy atom. The van der Waals surface area contributed by atoms with Crippen molar-refractivity contribution in [3.8, 4) is 0 Å². The molecule has 1 amide bonds. The quantitative estimate of drug-likeness (QED) is 0.738. The Bertz CT molecular complexity index is 296. The van der Waals surface area contributed by atoms with Gasteiger partial charge in [-0.3, -0.25) is 9.89 Å². The van der Waals surface area contributed by atoms with Crippen molar-refractivity contribution >= 4 is 5.91 Å². The summed E-state index contributed by atoms with van der Waals surface area (Å²) < 4.78 is 0. The van der Waals surface area contributed by atoms with Crippen molar-refractivity contribution in [2.24, 2.45) is 0 Å². The summed E-state index contributed by atoms with van der Waals surface area (Å²) >= 11 is 0. The van der Waals surface area contributed by atoms with Gasteiger partial charge in [0.05, 0.1) is 6.04 Å². The Balaban J connectivity index is 2.35. The van der Waals surface area contributed by atoms with E-state index in [0.29, 0.717) is 6.54 Å². The summed E-state index contributed by atoms with van der Waals surface area (Å²) in [4.78, 5) is 13.4. The zero-order valence-corrected chi connectivity index (χ0v) is 9.45. The summed E-state index contributed by atoms with van der Waals surface area (Å²) in [6, 6.07) is 1.71. The van der Waals surface area contributed by atoms with Crippen molar-refractivity contribution in [1.29, 1.82) is 0 Å². The highest BCUT2D eigenvalue weighted by atomic mass is 16.2. The van der Waals surface area contributed by atoms with E-state index < -0.39 is 0 Å². The van der Waals surface area contributed by atoms with Crippen LogP contribution in [0.2, 0.25) is 0 Å². The van der Waals surface area contributed by atoms with E-state index in [0.717, 1.165) is 12.2 Å². The minimum absolute atomic E-state index is 0.108. The molecule has 0 bridgehead atoms. The van der Waals surface area contributed by atoms with Gasteiger partial charge in [-0.05, 0) is 19.9 Å². The topological polar surface area (TPSA) is 61.0 Å². The summed E-state index contributed by atoms with van der Waals surface area (Å²) in [6.07, 6.45) is 1.70. The van der Waals surface area contributed by atoms with Gasteiger partial charge in [-0.25, -0.2) is 0 Å². The average Bonchev–Trinajstić information content (AvgIpc) is 2.76. The standard InChI is InChI=1S/C10H18N4O/c1-4-14(3)10(15)8(2)11-7-9-5-6-12-13-9/h5-6,8,11H,4,7H2,1-3H3,(H,12,13). The van der Waals surface area contributed by atoms with Gasteiger partial charge in [0.25, 0.3) is 0 Å². The van der Waals surface area contributed by atoms with Gasteiger partial charge in [0.1, 0.15) is 0 Å². The highest BCUT2D eigenvalue weighted by Crippen LogP contribution is 1.95. The SMILES string of the molecule is CCN(C)C(=O)C(C)NCc1ccn[nH]1. The number of hydrogen-bond acceptors (Lipinski definition) is 3. The van der Waals surface area contributed by atoms with Crippen LogP contribution in [0.25, 0.3) is 0 Å². The fraction of sp³-hybridized carbons (Fsp3) is 0.600.